The van der Waals surface area contributed by atoms with Gasteiger partial charge in [0.05, 0.1) is 19.6 Å². The summed E-state index contributed by atoms with van der Waals surface area (Å²) >= 11 is 0. The zero-order chi connectivity index (χ0) is 16.0. The number of ether oxygens (including phenoxy) is 2. The predicted molar refractivity (Wildman–Crippen MR) is 70.5 cm³/mol. The molecule has 0 aliphatic rings. The van der Waals surface area contributed by atoms with Crippen molar-refractivity contribution in [3.05, 3.63) is 0 Å². The Balaban J connectivity index is 0. The smallest absolute Gasteiger partial charge is 0.414 e. The third-order valence-corrected chi connectivity index (χ3v) is 1.87. The van der Waals surface area contributed by atoms with E-state index in [4.69, 9.17) is 24.5 Å². The monoisotopic (exact) mass is 293 g/mol. The van der Waals surface area contributed by atoms with Crippen molar-refractivity contribution in [2.75, 3.05) is 26.8 Å². The van der Waals surface area contributed by atoms with Crippen molar-refractivity contribution in [2.24, 2.45) is 0 Å². The molecule has 8 heteroatoms. The molecular formula is C12H23NO7. The summed E-state index contributed by atoms with van der Waals surface area (Å²) < 4.78 is 9.86. The minimum absolute atomic E-state index is 0.170. The Morgan fingerprint density at radius 1 is 1.10 bits per heavy atom. The van der Waals surface area contributed by atoms with Crippen LogP contribution in [0.4, 0.5) is 0 Å². The summed E-state index contributed by atoms with van der Waals surface area (Å²) in [6.07, 6.45) is 1.70. The molecule has 0 bridgehead atoms. The van der Waals surface area contributed by atoms with Crippen molar-refractivity contribution < 1.29 is 34.1 Å². The average Bonchev–Trinajstić information content (AvgIpc) is 2.37. The number of hydrogen-bond acceptors (Lipinski definition) is 6. The Bertz CT molecular complexity index is 280. The second-order valence-corrected chi connectivity index (χ2v) is 3.96. The van der Waals surface area contributed by atoms with Crippen LogP contribution in [0.2, 0.25) is 0 Å². The Morgan fingerprint density at radius 3 is 2.05 bits per heavy atom. The normalized spacial score (nSPS) is 9.60. The Hall–Kier alpha value is -1.67. The summed E-state index contributed by atoms with van der Waals surface area (Å²) in [5.74, 6) is -3.82. The minimum Gasteiger partial charge on any atom is -0.473 e. The van der Waals surface area contributed by atoms with Crippen molar-refractivity contribution in [3.8, 4) is 0 Å². The first-order chi connectivity index (χ1) is 9.31. The first kappa shape index (κ1) is 20.6. The highest BCUT2D eigenvalue weighted by atomic mass is 16.5. The third-order valence-electron chi connectivity index (χ3n) is 1.87. The van der Waals surface area contributed by atoms with Gasteiger partial charge in [-0.1, -0.05) is 0 Å². The highest BCUT2D eigenvalue weighted by Gasteiger charge is 2.04. The van der Waals surface area contributed by atoms with E-state index in [2.05, 4.69) is 10.1 Å². The molecule has 0 aliphatic carbocycles. The zero-order valence-corrected chi connectivity index (χ0v) is 12.0. The summed E-state index contributed by atoms with van der Waals surface area (Å²) in [6, 6.07) is 0. The predicted octanol–water partition coefficient (Wildman–Crippen LogP) is 0.110. The van der Waals surface area contributed by atoms with E-state index in [0.717, 1.165) is 19.6 Å². The maximum Gasteiger partial charge on any atom is 0.414 e. The molecule has 0 aliphatic heterocycles. The highest BCUT2D eigenvalue weighted by Crippen LogP contribution is 1.89. The molecule has 0 rings (SSSR count). The first-order valence-electron chi connectivity index (χ1n) is 6.16. The minimum atomic E-state index is -1.82. The summed E-state index contributed by atoms with van der Waals surface area (Å²) in [6.45, 7) is 6.36. The number of carbonyl (C=O) groups is 3. The summed E-state index contributed by atoms with van der Waals surface area (Å²) in [7, 11) is 1.40. The molecule has 0 fully saturated rings. The van der Waals surface area contributed by atoms with Gasteiger partial charge in [0.2, 0.25) is 0 Å². The highest BCUT2D eigenvalue weighted by molar-refractivity contribution is 6.27. The van der Waals surface area contributed by atoms with Gasteiger partial charge in [0.25, 0.3) is 0 Å². The molecule has 118 valence electrons. The molecule has 8 nitrogen and oxygen atoms in total. The Labute approximate surface area is 118 Å². The molecule has 0 unspecified atom stereocenters. The van der Waals surface area contributed by atoms with E-state index < -0.39 is 11.9 Å². The SMILES string of the molecule is COC(=O)CCNCCCOC(C)C.O=C(O)C(=O)O. The lowest BCUT2D eigenvalue weighted by Gasteiger charge is -2.07. The van der Waals surface area contributed by atoms with Crippen LogP contribution < -0.4 is 5.32 Å². The molecule has 3 N–H and O–H groups in total. The van der Waals surface area contributed by atoms with Crippen molar-refractivity contribution >= 4 is 17.9 Å². The second kappa shape index (κ2) is 13.8. The number of hydrogen-bond donors (Lipinski definition) is 3. The van der Waals surface area contributed by atoms with Crippen molar-refractivity contribution in [2.45, 2.75) is 32.8 Å². The summed E-state index contributed by atoms with van der Waals surface area (Å²) in [5.41, 5.74) is 0. The van der Waals surface area contributed by atoms with Gasteiger partial charge < -0.3 is 25.0 Å². The van der Waals surface area contributed by atoms with Crippen molar-refractivity contribution in [3.63, 3.8) is 0 Å². The topological polar surface area (TPSA) is 122 Å². The van der Waals surface area contributed by atoms with Crippen LogP contribution in [0.15, 0.2) is 0 Å². The van der Waals surface area contributed by atoms with Crippen molar-refractivity contribution in [1.82, 2.24) is 5.32 Å². The lowest BCUT2D eigenvalue weighted by Crippen LogP contribution is -2.21. The molecule has 0 radical (unpaired) electrons. The van der Waals surface area contributed by atoms with E-state index in [1.807, 2.05) is 13.8 Å². The van der Waals surface area contributed by atoms with E-state index >= 15 is 0 Å². The standard InChI is InChI=1S/C10H21NO3.C2H2O4/c1-9(2)14-8-4-6-11-7-5-10(12)13-3;3-1(4)2(5)6/h9,11H,4-8H2,1-3H3;(H,3,4)(H,5,6). The molecule has 0 aromatic carbocycles. The molecule has 0 aromatic rings. The number of carboxylic acids is 2. The molecule has 0 saturated heterocycles. The molecule has 0 saturated carbocycles. The van der Waals surface area contributed by atoms with Crippen LogP contribution in [0, 0.1) is 0 Å². The van der Waals surface area contributed by atoms with Crippen LogP contribution in [-0.4, -0.2) is 61.0 Å². The second-order valence-electron chi connectivity index (χ2n) is 3.96. The fourth-order valence-electron chi connectivity index (χ4n) is 0.934. The largest absolute Gasteiger partial charge is 0.473 e. The maximum atomic E-state index is 10.7. The number of aliphatic carboxylic acids is 2. The van der Waals surface area contributed by atoms with Gasteiger partial charge in [-0.05, 0) is 26.8 Å². The van der Waals surface area contributed by atoms with Crippen LogP contribution in [-0.2, 0) is 23.9 Å². The fourth-order valence-corrected chi connectivity index (χ4v) is 0.934. The number of carbonyl (C=O) groups excluding carboxylic acids is 1. The number of esters is 1. The lowest BCUT2D eigenvalue weighted by atomic mass is 10.4. The average molecular weight is 293 g/mol. The molecule has 0 amide bonds. The molecule has 0 aromatic heterocycles. The van der Waals surface area contributed by atoms with E-state index in [1.54, 1.807) is 0 Å². The lowest BCUT2D eigenvalue weighted by molar-refractivity contribution is -0.159. The zero-order valence-electron chi connectivity index (χ0n) is 12.0. The van der Waals surface area contributed by atoms with Gasteiger partial charge in [0.15, 0.2) is 0 Å². The molecule has 0 heterocycles. The Kier molecular flexibility index (Phi) is 14.2. The molecule has 0 atom stereocenters. The molecule has 0 spiro atoms. The van der Waals surface area contributed by atoms with E-state index in [0.29, 0.717) is 19.1 Å². The van der Waals surface area contributed by atoms with E-state index in [-0.39, 0.29) is 5.97 Å². The number of nitrogens with one attached hydrogen (secondary N) is 1. The summed E-state index contributed by atoms with van der Waals surface area (Å²) in [4.78, 5) is 28.9. The van der Waals surface area contributed by atoms with Gasteiger partial charge >= 0.3 is 17.9 Å². The van der Waals surface area contributed by atoms with Crippen LogP contribution in [0.5, 0.6) is 0 Å². The van der Waals surface area contributed by atoms with Crippen LogP contribution in [0.3, 0.4) is 0 Å². The molecule has 20 heavy (non-hydrogen) atoms. The maximum absolute atomic E-state index is 10.7. The van der Waals surface area contributed by atoms with Crippen molar-refractivity contribution in [1.29, 1.82) is 0 Å². The van der Waals surface area contributed by atoms with Gasteiger partial charge in [-0.2, -0.15) is 0 Å². The Morgan fingerprint density at radius 2 is 1.65 bits per heavy atom. The van der Waals surface area contributed by atoms with Crippen LogP contribution in [0.25, 0.3) is 0 Å². The number of carboxylic acid groups (broad SMARTS) is 2. The van der Waals surface area contributed by atoms with Gasteiger partial charge in [0, 0.05) is 13.2 Å². The van der Waals surface area contributed by atoms with Gasteiger partial charge in [-0.15, -0.1) is 0 Å². The quantitative estimate of drug-likeness (QED) is 0.327. The third kappa shape index (κ3) is 18.7. The van der Waals surface area contributed by atoms with Gasteiger partial charge in [-0.3, -0.25) is 4.79 Å². The van der Waals surface area contributed by atoms with E-state index in [1.165, 1.54) is 7.11 Å². The first-order valence-corrected chi connectivity index (χ1v) is 6.16. The number of rotatable bonds is 8. The number of methoxy groups -OCH3 is 1. The van der Waals surface area contributed by atoms with Crippen LogP contribution >= 0.6 is 0 Å². The van der Waals surface area contributed by atoms with Crippen LogP contribution in [0.1, 0.15) is 26.7 Å². The van der Waals surface area contributed by atoms with Gasteiger partial charge in [0.1, 0.15) is 0 Å². The fraction of sp³-hybridized carbons (Fsp3) is 0.750. The van der Waals surface area contributed by atoms with E-state index in [9.17, 15) is 4.79 Å². The summed E-state index contributed by atoms with van der Waals surface area (Å²) in [5, 5.41) is 17.9. The van der Waals surface area contributed by atoms with Gasteiger partial charge in [-0.25, -0.2) is 9.59 Å². The molecular weight excluding hydrogens is 270 g/mol.